The van der Waals surface area contributed by atoms with Crippen molar-refractivity contribution in [2.45, 2.75) is 43.9 Å². The van der Waals surface area contributed by atoms with Crippen molar-refractivity contribution in [2.75, 3.05) is 19.7 Å². The minimum absolute atomic E-state index is 0.108. The molecule has 2 bridgehead atoms. The van der Waals surface area contributed by atoms with Crippen LogP contribution in [0.3, 0.4) is 0 Å². The molecule has 14 heteroatoms. The number of piperidine rings is 1. The Balaban J connectivity index is 1.20. The molecule has 1 aromatic rings. The Morgan fingerprint density at radius 3 is 3.07 bits per heavy atom. The van der Waals surface area contributed by atoms with Crippen molar-refractivity contribution in [1.82, 2.24) is 35.8 Å². The Labute approximate surface area is 169 Å². The topological polar surface area (TPSA) is 151 Å². The molecule has 5 atom stereocenters. The Morgan fingerprint density at radius 2 is 2.31 bits per heavy atom. The van der Waals surface area contributed by atoms with Crippen molar-refractivity contribution < 1.29 is 27.5 Å². The van der Waals surface area contributed by atoms with Gasteiger partial charge in [0.1, 0.15) is 6.04 Å². The summed E-state index contributed by atoms with van der Waals surface area (Å²) in [5, 5.41) is 12.0. The highest BCUT2D eigenvalue weighted by Gasteiger charge is 2.48. The summed E-state index contributed by atoms with van der Waals surface area (Å²) < 4.78 is 26.1. The van der Waals surface area contributed by atoms with Crippen LogP contribution in [-0.2, 0) is 31.8 Å². The van der Waals surface area contributed by atoms with Crippen LogP contribution in [0.5, 0.6) is 0 Å². The number of nitrogens with zero attached hydrogens (tertiary/aromatic N) is 5. The van der Waals surface area contributed by atoms with Gasteiger partial charge in [-0.1, -0.05) is 5.21 Å². The van der Waals surface area contributed by atoms with Gasteiger partial charge in [-0.15, -0.1) is 9.38 Å². The van der Waals surface area contributed by atoms with Gasteiger partial charge in [0.05, 0.1) is 18.8 Å². The summed E-state index contributed by atoms with van der Waals surface area (Å²) in [5.74, 6) is -0.0116. The third kappa shape index (κ3) is 4.56. The van der Waals surface area contributed by atoms with E-state index in [0.717, 1.165) is 24.6 Å². The molecule has 3 unspecified atom stereocenters. The number of hydrogen-bond acceptors (Lipinski definition) is 8. The van der Waals surface area contributed by atoms with E-state index in [2.05, 4.69) is 25.4 Å². The van der Waals surface area contributed by atoms with Crippen molar-refractivity contribution in [3.8, 4) is 0 Å². The Morgan fingerprint density at radius 1 is 1.45 bits per heavy atom. The molecule has 3 aliphatic heterocycles. The van der Waals surface area contributed by atoms with Crippen LogP contribution < -0.4 is 10.8 Å². The van der Waals surface area contributed by atoms with Crippen LogP contribution in [0.25, 0.3) is 0 Å². The number of hydroxylamine groups is 3. The molecule has 13 nitrogen and oxygen atoms in total. The summed E-state index contributed by atoms with van der Waals surface area (Å²) in [6.07, 6.45) is 5.27. The van der Waals surface area contributed by atoms with Gasteiger partial charge in [0, 0.05) is 31.9 Å². The fraction of sp³-hybridized carbons (Fsp3) is 0.733. The zero-order valence-electron chi connectivity index (χ0n) is 15.5. The Bertz CT molecular complexity index is 764. The largest absolute Gasteiger partial charge is 0.346 e. The highest BCUT2D eigenvalue weighted by molar-refractivity contribution is 7.74. The van der Waals surface area contributed by atoms with Crippen LogP contribution in [0.1, 0.15) is 19.3 Å². The number of carbonyl (C=O) groups is 2. The number of hydrogen-bond donors (Lipinski definition) is 3. The van der Waals surface area contributed by atoms with Gasteiger partial charge >= 0.3 is 17.4 Å². The molecule has 3 saturated heterocycles. The zero-order valence-corrected chi connectivity index (χ0v) is 16.4. The smallest absolute Gasteiger partial charge is 0.311 e. The Kier molecular flexibility index (Phi) is 6.05. The lowest BCUT2D eigenvalue weighted by Gasteiger charge is -2.29. The minimum Gasteiger partial charge on any atom is -0.311 e. The number of aromatic nitrogens is 3. The molecule has 0 spiro atoms. The lowest BCUT2D eigenvalue weighted by Crippen LogP contribution is -2.50. The zero-order chi connectivity index (χ0) is 20.4. The second-order valence-electron chi connectivity index (χ2n) is 7.41. The van der Waals surface area contributed by atoms with Gasteiger partial charge in [-0.3, -0.25) is 18.9 Å². The van der Waals surface area contributed by atoms with Gasteiger partial charge in [-0.25, -0.2) is 10.3 Å². The summed E-state index contributed by atoms with van der Waals surface area (Å²) in [7, 11) is 0. The van der Waals surface area contributed by atoms with Gasteiger partial charge in [-0.05, 0) is 25.2 Å². The molecule has 29 heavy (non-hydrogen) atoms. The molecule has 160 valence electrons. The summed E-state index contributed by atoms with van der Waals surface area (Å²) in [6, 6.07) is -1.52. The second kappa shape index (κ2) is 8.71. The molecule has 3 aliphatic rings. The molecule has 3 amide bonds. The third-order valence-corrected chi connectivity index (χ3v) is 5.75. The lowest BCUT2D eigenvalue weighted by atomic mass is 10.0. The highest BCUT2D eigenvalue weighted by atomic mass is 32.2. The van der Waals surface area contributed by atoms with Crippen LogP contribution in [0.15, 0.2) is 12.4 Å². The van der Waals surface area contributed by atoms with E-state index in [0.29, 0.717) is 25.4 Å². The summed E-state index contributed by atoms with van der Waals surface area (Å²) >= 11 is -2.59. The predicted octanol–water partition coefficient (Wildman–Crippen LogP) is -1.36. The first-order valence-corrected chi connectivity index (χ1v) is 10.4. The van der Waals surface area contributed by atoms with E-state index in [9.17, 15) is 13.8 Å². The number of rotatable bonds is 8. The molecule has 0 radical (unpaired) electrons. The SMILES string of the molecule is O=C(NOC[C@@H]1C[C@@H](Cn2ccnn2)CN1)C1CCC2CN1C(=O)N2OS(=O)O. The normalized spacial score (nSPS) is 30.0. The number of urea groups is 1. The van der Waals surface area contributed by atoms with Crippen LogP contribution in [0.2, 0.25) is 0 Å². The molecule has 3 N–H and O–H groups in total. The molecule has 0 saturated carbocycles. The van der Waals surface area contributed by atoms with E-state index < -0.39 is 29.3 Å². The van der Waals surface area contributed by atoms with Crippen LogP contribution in [-0.4, -0.2) is 83.5 Å². The van der Waals surface area contributed by atoms with E-state index in [4.69, 9.17) is 9.39 Å². The van der Waals surface area contributed by atoms with E-state index in [1.165, 1.54) is 4.90 Å². The number of fused-ring (bicyclic) bond motifs is 2. The van der Waals surface area contributed by atoms with Crippen molar-refractivity contribution in [3.05, 3.63) is 12.4 Å². The first-order chi connectivity index (χ1) is 14.0. The van der Waals surface area contributed by atoms with Crippen molar-refractivity contribution >= 4 is 23.3 Å². The molecule has 4 rings (SSSR count). The molecule has 4 heterocycles. The van der Waals surface area contributed by atoms with Crippen LogP contribution in [0, 0.1) is 5.92 Å². The van der Waals surface area contributed by atoms with Gasteiger partial charge < -0.3 is 10.2 Å². The van der Waals surface area contributed by atoms with Crippen LogP contribution >= 0.6 is 0 Å². The van der Waals surface area contributed by atoms with Gasteiger partial charge in [0.2, 0.25) is 0 Å². The van der Waals surface area contributed by atoms with Gasteiger partial charge in [-0.2, -0.15) is 9.27 Å². The third-order valence-electron chi connectivity index (χ3n) is 5.46. The molecule has 0 aliphatic carbocycles. The summed E-state index contributed by atoms with van der Waals surface area (Å²) in [6.45, 7) is 2.17. The fourth-order valence-electron chi connectivity index (χ4n) is 4.12. The monoisotopic (exact) mass is 429 g/mol. The first kappa shape index (κ1) is 20.2. The first-order valence-electron chi connectivity index (χ1n) is 9.39. The average molecular weight is 429 g/mol. The second-order valence-corrected chi connectivity index (χ2v) is 7.99. The quantitative estimate of drug-likeness (QED) is 0.336. The minimum atomic E-state index is -2.59. The summed E-state index contributed by atoms with van der Waals surface area (Å²) in [5.41, 5.74) is 2.43. The maximum atomic E-state index is 12.5. The predicted molar refractivity (Wildman–Crippen MR) is 96.6 cm³/mol. The molecule has 3 fully saturated rings. The fourth-order valence-corrected chi connectivity index (χ4v) is 4.44. The maximum Gasteiger partial charge on any atom is 0.346 e. The maximum absolute atomic E-state index is 12.5. The van der Waals surface area contributed by atoms with Gasteiger partial charge in [0.15, 0.2) is 0 Å². The molecular weight excluding hydrogens is 406 g/mol. The average Bonchev–Trinajstić information content (AvgIpc) is 3.41. The summed E-state index contributed by atoms with van der Waals surface area (Å²) in [4.78, 5) is 31.5. The van der Waals surface area contributed by atoms with Crippen LogP contribution in [0.4, 0.5) is 4.79 Å². The number of amides is 3. The Hall–Kier alpha value is -2.13. The molecule has 1 aromatic heterocycles. The number of carbonyl (C=O) groups excluding carboxylic acids is 2. The van der Waals surface area contributed by atoms with E-state index in [1.807, 2.05) is 6.20 Å². The standard InChI is InChI=1S/C15H23N7O6S/c23-14(13-2-1-12-8-21(13)15(24)22(12)28-29(25)26)18-27-9-11-5-10(6-16-11)7-20-4-3-17-19-20/h3-4,10-13,16H,1-2,5-9H2,(H,18,23)(H,25,26)/t10-,11+,12?,13?/m1/s1. The van der Waals surface area contributed by atoms with Crippen molar-refractivity contribution in [3.63, 3.8) is 0 Å². The van der Waals surface area contributed by atoms with Crippen molar-refractivity contribution in [1.29, 1.82) is 0 Å². The highest BCUT2D eigenvalue weighted by Crippen LogP contribution is 2.30. The van der Waals surface area contributed by atoms with Gasteiger partial charge in [0.25, 0.3) is 5.91 Å². The lowest BCUT2D eigenvalue weighted by molar-refractivity contribution is -0.139. The van der Waals surface area contributed by atoms with E-state index in [1.54, 1.807) is 10.9 Å². The van der Waals surface area contributed by atoms with E-state index in [-0.39, 0.29) is 18.6 Å². The number of nitrogens with one attached hydrogen (secondary N) is 2. The van der Waals surface area contributed by atoms with Crippen molar-refractivity contribution in [2.24, 2.45) is 5.92 Å². The van der Waals surface area contributed by atoms with E-state index >= 15 is 0 Å². The molecule has 0 aromatic carbocycles. The molecular formula is C15H23N7O6S.